The van der Waals surface area contributed by atoms with Crippen molar-refractivity contribution in [2.75, 3.05) is 204 Å². The van der Waals surface area contributed by atoms with E-state index >= 15 is 0 Å². The summed E-state index contributed by atoms with van der Waals surface area (Å²) in [4.78, 5) is 94.1. The molecule has 18 rings (SSSR count). The minimum absolute atomic E-state index is 0.305. The zero-order chi connectivity index (χ0) is 106. The summed E-state index contributed by atoms with van der Waals surface area (Å²) in [6.45, 7) is 25.8. The lowest BCUT2D eigenvalue weighted by Crippen LogP contribution is -2.45. The number of amides is 4. The molecule has 2 saturated heterocycles. The molecular formula is C112H124N24O14. The van der Waals surface area contributed by atoms with Gasteiger partial charge in [0.1, 0.15) is 72.4 Å². The number of fused-ring (bicyclic) bond motifs is 4. The Hall–Kier alpha value is -17.6. The average Bonchev–Trinajstić information content (AvgIpc) is 1.63. The molecule has 0 spiro atoms. The Bertz CT molecular complexity index is 7490. The van der Waals surface area contributed by atoms with Crippen LogP contribution >= 0.6 is 0 Å². The van der Waals surface area contributed by atoms with Crippen molar-refractivity contribution in [2.45, 2.75) is 0 Å². The van der Waals surface area contributed by atoms with E-state index in [1.54, 1.807) is 109 Å². The van der Waals surface area contributed by atoms with E-state index in [-0.39, 0.29) is 23.6 Å². The van der Waals surface area contributed by atoms with Gasteiger partial charge in [-0.05, 0) is 118 Å². The highest BCUT2D eigenvalue weighted by molar-refractivity contribution is 6.05. The van der Waals surface area contributed by atoms with Crippen molar-refractivity contribution >= 4 is 137 Å². The van der Waals surface area contributed by atoms with E-state index in [2.05, 4.69) is 196 Å². The highest BCUT2D eigenvalue weighted by atomic mass is 16.5. The fraction of sp³-hybridized carbons (Fsp3) is 0.250. The quantitative estimate of drug-likeness (QED) is 0.0131. The highest BCUT2D eigenvalue weighted by Crippen LogP contribution is 2.45. The number of carbonyl (C=O) groups is 4. The van der Waals surface area contributed by atoms with Crippen LogP contribution in [0.15, 0.2) is 270 Å². The molecule has 4 amide bonds. The number of hydrogen-bond acceptors (Lipinski definition) is 30. The first-order valence-corrected chi connectivity index (χ1v) is 48.5. The maximum Gasteiger partial charge on any atom is 0.247 e. The van der Waals surface area contributed by atoms with Gasteiger partial charge in [0, 0.05) is 234 Å². The van der Waals surface area contributed by atoms with Crippen molar-refractivity contribution in [1.82, 2.24) is 77.7 Å². The van der Waals surface area contributed by atoms with Gasteiger partial charge in [-0.25, -0.2) is 39.9 Å². The van der Waals surface area contributed by atoms with Gasteiger partial charge in [-0.15, -0.1) is 0 Å². The first-order valence-electron chi connectivity index (χ1n) is 48.5. The smallest absolute Gasteiger partial charge is 0.247 e. The van der Waals surface area contributed by atoms with Gasteiger partial charge < -0.3 is 118 Å². The lowest BCUT2D eigenvalue weighted by molar-refractivity contribution is -0.112. The summed E-state index contributed by atoms with van der Waals surface area (Å²) in [7, 11) is 22.0. The van der Waals surface area contributed by atoms with E-state index in [0.29, 0.717) is 155 Å². The fourth-order valence-corrected chi connectivity index (χ4v) is 16.9. The van der Waals surface area contributed by atoms with Crippen LogP contribution in [0.2, 0.25) is 0 Å². The van der Waals surface area contributed by atoms with E-state index in [4.69, 9.17) is 67.3 Å². The average molecular weight is 2030 g/mol. The van der Waals surface area contributed by atoms with Crippen molar-refractivity contribution in [3.05, 3.63) is 270 Å². The van der Waals surface area contributed by atoms with E-state index < -0.39 is 0 Å². The number of likely N-dealkylation sites (N-methyl/N-ethyl adjacent to an activating group) is 2. The second kappa shape index (κ2) is 51.5. The molecule has 0 saturated carbocycles. The monoisotopic (exact) mass is 2030 g/mol. The summed E-state index contributed by atoms with van der Waals surface area (Å²) in [5.41, 5.74) is 15.8. The summed E-state index contributed by atoms with van der Waals surface area (Å²) in [5, 5.41) is 28.6. The van der Waals surface area contributed by atoms with Crippen LogP contribution in [0.4, 0.5) is 69.3 Å². The number of carbonyl (C=O) groups excluding carboxylic acids is 4. The van der Waals surface area contributed by atoms with E-state index in [1.165, 1.54) is 24.3 Å². The molecular weight excluding hydrogens is 1910 g/mol. The number of aromatic nitrogens is 12. The van der Waals surface area contributed by atoms with Crippen LogP contribution in [-0.2, 0) is 56.8 Å². The topological polar surface area (TPSA) is 393 Å². The van der Waals surface area contributed by atoms with Crippen molar-refractivity contribution in [1.29, 1.82) is 0 Å². The molecule has 0 atom stereocenters. The Labute approximate surface area is 869 Å². The van der Waals surface area contributed by atoms with Crippen molar-refractivity contribution in [3.8, 4) is 91.0 Å². The second-order valence-corrected chi connectivity index (χ2v) is 35.0. The third kappa shape index (κ3) is 27.2. The standard InChI is InChI=1S/C30H35N7O3.C29H32N6O4.C27H30N6O3.C26H27N5O4/c1-5-29(38)32-25-18-24(27(39-4)19-28(25)40-17-16-37-14-12-35(2)13-15-37)34-30-31-11-10-23(33-30)22-20-36(3)26-9-7-6-8-21(22)26;1-4-28(36)31-24-17-23(26(37-3)18-27(24)39-16-13-35-11-14-38-15-12-35)33-29-30-10-9-22(32-29)21-19-34(2)25-8-6-5-7-20(21)25;1-6-26(34)29-22-15-21(24(35-5)16-25(22)36-14-13-32(2)3)31-27-28-12-11-20(30-27)19-17-33(4)23-10-8-7-9-18(19)23;1-5-25(32)28-21-14-20(23(34-4)15-24(21)35-13-12-33-3)30-26-27-11-10-19(29-26)18-16-31(2)22-9-7-6-8-17(18)22/h5-11,18-20H,1,12-17H2,2-4H3,(H,32,38)(H,31,33,34);4-10,17-19H,1,11-16H2,2-3H3,(H,31,36)(H,30,32,33);6-12,15-17H,1,13-14H2,2-5H3,(H,29,34)(H,28,30,31);5-11,14-16H,1,12-13H2,2-4H3,(H,28,32)(H,27,29,30). The Balaban J connectivity index is 0.000000150. The molecule has 2 aliphatic rings. The van der Waals surface area contributed by atoms with E-state index in [9.17, 15) is 19.2 Å². The zero-order valence-electron chi connectivity index (χ0n) is 86.1. The van der Waals surface area contributed by atoms with Crippen LogP contribution < -0.4 is 80.4 Å². The number of rotatable bonds is 40. The normalized spacial score (nSPS) is 12.5. The summed E-state index contributed by atoms with van der Waals surface area (Å²) >= 11 is 0. The summed E-state index contributed by atoms with van der Waals surface area (Å²) in [6, 6.07) is 54.1. The van der Waals surface area contributed by atoms with Crippen LogP contribution in [0.3, 0.4) is 0 Å². The molecule has 150 heavy (non-hydrogen) atoms. The number of para-hydroxylation sites is 4. The number of aryl methyl sites for hydroxylation is 4. The molecule has 0 radical (unpaired) electrons. The molecule has 2 fully saturated rings. The number of nitrogens with one attached hydrogen (secondary N) is 8. The van der Waals surface area contributed by atoms with Crippen molar-refractivity contribution in [3.63, 3.8) is 0 Å². The van der Waals surface area contributed by atoms with Crippen LogP contribution in [0.5, 0.6) is 46.0 Å². The number of morpholine rings is 1. The number of benzene rings is 8. The molecule has 8 N–H and O–H groups in total. The third-order valence-electron chi connectivity index (χ3n) is 24.7. The second-order valence-electron chi connectivity index (χ2n) is 35.0. The minimum Gasteiger partial charge on any atom is -0.494 e. The number of anilines is 12. The first kappa shape index (κ1) is 107. The number of ether oxygens (including phenoxy) is 10. The van der Waals surface area contributed by atoms with Crippen LogP contribution in [0.1, 0.15) is 0 Å². The Morgan fingerprint density at radius 3 is 0.887 bits per heavy atom. The van der Waals surface area contributed by atoms with Crippen LogP contribution in [0, 0.1) is 0 Å². The molecule has 10 heterocycles. The van der Waals surface area contributed by atoms with Gasteiger partial charge in [-0.1, -0.05) is 99.1 Å². The molecule has 0 unspecified atom stereocenters. The molecule has 8 aromatic heterocycles. The SMILES string of the molecule is C=CC(=O)Nc1cc(Nc2nccc(-c3cn(C)c4ccccc34)n2)c(OC)cc1OCCN(C)C.C=CC(=O)Nc1cc(Nc2nccc(-c3cn(C)c4ccccc34)n2)c(OC)cc1OCCN1CCN(C)CC1.C=CC(=O)Nc1cc(Nc2nccc(-c3cn(C)c4ccccc34)n2)c(OC)cc1OCCN1CCOCC1.C=CC(=O)Nc1cc(Nc2nccc(-c3cn(C)c4ccccc34)n2)c(OC)cc1OCCOC. The minimum atomic E-state index is -0.369. The maximum absolute atomic E-state index is 12.2. The number of methoxy groups -OCH3 is 5. The molecule has 16 aromatic rings. The molecule has 38 heteroatoms. The van der Waals surface area contributed by atoms with E-state index in [0.717, 1.165) is 154 Å². The van der Waals surface area contributed by atoms with Crippen molar-refractivity contribution in [2.24, 2.45) is 28.2 Å². The molecule has 2 aliphatic heterocycles. The molecule has 0 aliphatic carbocycles. The van der Waals surface area contributed by atoms with Gasteiger partial charge in [0.05, 0.1) is 117 Å². The van der Waals surface area contributed by atoms with Gasteiger partial charge in [0.25, 0.3) is 0 Å². The van der Waals surface area contributed by atoms with Gasteiger partial charge >= 0.3 is 0 Å². The third-order valence-corrected chi connectivity index (χ3v) is 24.7. The van der Waals surface area contributed by atoms with Crippen LogP contribution in [0.25, 0.3) is 88.6 Å². The van der Waals surface area contributed by atoms with Crippen molar-refractivity contribution < 1.29 is 66.5 Å². The number of hydrogen-bond donors (Lipinski definition) is 8. The summed E-state index contributed by atoms with van der Waals surface area (Å²) in [5.74, 6) is 4.14. The maximum atomic E-state index is 12.2. The van der Waals surface area contributed by atoms with Crippen LogP contribution in [-0.4, -0.2) is 263 Å². The van der Waals surface area contributed by atoms with Gasteiger partial charge in [0.15, 0.2) is 0 Å². The zero-order valence-corrected chi connectivity index (χ0v) is 86.1. The van der Waals surface area contributed by atoms with E-state index in [1.807, 2.05) is 126 Å². The van der Waals surface area contributed by atoms with Gasteiger partial charge in [-0.2, -0.15) is 0 Å². The van der Waals surface area contributed by atoms with Gasteiger partial charge in [-0.3, -0.25) is 29.0 Å². The molecule has 8 aromatic carbocycles. The predicted molar refractivity (Wildman–Crippen MR) is 590 cm³/mol. The molecule has 38 nitrogen and oxygen atoms in total. The lowest BCUT2D eigenvalue weighted by atomic mass is 10.1. The summed E-state index contributed by atoms with van der Waals surface area (Å²) in [6.07, 6.45) is 19.9. The Kier molecular flexibility index (Phi) is 36.6. The Morgan fingerprint density at radius 2 is 0.613 bits per heavy atom. The number of piperazine rings is 1. The lowest BCUT2D eigenvalue weighted by Gasteiger charge is -2.32. The first-order chi connectivity index (χ1) is 72.9. The predicted octanol–water partition coefficient (Wildman–Crippen LogP) is 17.4. The van der Waals surface area contributed by atoms with Gasteiger partial charge in [0.2, 0.25) is 47.4 Å². The molecule has 0 bridgehead atoms. The largest absolute Gasteiger partial charge is 0.494 e. The Morgan fingerprint density at radius 1 is 0.340 bits per heavy atom. The fourth-order valence-electron chi connectivity index (χ4n) is 16.9. The number of nitrogens with zero attached hydrogens (tertiary/aromatic N) is 16. The molecule has 776 valence electrons. The summed E-state index contributed by atoms with van der Waals surface area (Å²) < 4.78 is 65.2. The highest BCUT2D eigenvalue weighted by Gasteiger charge is 2.26.